The third kappa shape index (κ3) is 2.15. The van der Waals surface area contributed by atoms with Crippen molar-refractivity contribution in [1.29, 1.82) is 0 Å². The predicted molar refractivity (Wildman–Crippen MR) is 79.2 cm³/mol. The second kappa shape index (κ2) is 5.37. The minimum Gasteiger partial charge on any atom is -0.316 e. The lowest BCUT2D eigenvalue weighted by atomic mass is 9.77. The summed E-state index contributed by atoms with van der Waals surface area (Å²) < 4.78 is 0. The number of fused-ring (bicyclic) bond motifs is 3. The van der Waals surface area contributed by atoms with Crippen molar-refractivity contribution in [3.05, 3.63) is 0 Å². The van der Waals surface area contributed by atoms with E-state index in [1.54, 1.807) is 0 Å². The van der Waals surface area contributed by atoms with Crippen LogP contribution in [-0.2, 0) is 0 Å². The molecular weight excluding hydrogens is 232 g/mol. The Morgan fingerprint density at radius 3 is 2.32 bits per heavy atom. The van der Waals surface area contributed by atoms with E-state index in [4.69, 9.17) is 0 Å². The van der Waals surface area contributed by atoms with Crippen LogP contribution in [0.5, 0.6) is 0 Å². The molecule has 19 heavy (non-hydrogen) atoms. The van der Waals surface area contributed by atoms with Crippen molar-refractivity contribution in [3.8, 4) is 0 Å². The summed E-state index contributed by atoms with van der Waals surface area (Å²) in [6, 6.07) is 2.86. The lowest BCUT2D eigenvalue weighted by Gasteiger charge is -2.42. The molecule has 0 bridgehead atoms. The Morgan fingerprint density at radius 2 is 1.42 bits per heavy atom. The molecule has 4 rings (SSSR count). The summed E-state index contributed by atoms with van der Waals surface area (Å²) in [4.78, 5) is 3.08. The largest absolute Gasteiger partial charge is 0.316 e. The molecule has 2 heteroatoms. The summed E-state index contributed by atoms with van der Waals surface area (Å²) in [6.07, 6.45) is 14.9. The molecule has 0 spiro atoms. The molecule has 108 valence electrons. The van der Waals surface area contributed by atoms with Crippen LogP contribution in [-0.4, -0.2) is 36.1 Å². The molecule has 4 fully saturated rings. The van der Waals surface area contributed by atoms with Gasteiger partial charge in [-0.3, -0.25) is 4.90 Å². The van der Waals surface area contributed by atoms with E-state index in [9.17, 15) is 0 Å². The molecule has 4 atom stereocenters. The second-order valence-electron chi connectivity index (χ2n) is 7.48. The summed E-state index contributed by atoms with van der Waals surface area (Å²) in [5, 5.41) is 3.69. The van der Waals surface area contributed by atoms with Crippen molar-refractivity contribution in [1.82, 2.24) is 10.2 Å². The minimum absolute atomic E-state index is 0.942. The molecule has 2 nitrogen and oxygen atoms in total. The minimum atomic E-state index is 0.942. The highest BCUT2D eigenvalue weighted by molar-refractivity contribution is 5.05. The van der Waals surface area contributed by atoms with Gasteiger partial charge < -0.3 is 5.32 Å². The number of hydrogen-bond donors (Lipinski definition) is 1. The Labute approximate surface area is 118 Å². The quantitative estimate of drug-likeness (QED) is 0.781. The highest BCUT2D eigenvalue weighted by Crippen LogP contribution is 2.47. The van der Waals surface area contributed by atoms with Crippen molar-refractivity contribution in [3.63, 3.8) is 0 Å². The topological polar surface area (TPSA) is 15.3 Å². The molecular formula is C17H30N2. The van der Waals surface area contributed by atoms with Gasteiger partial charge in [-0.25, -0.2) is 0 Å². The third-order valence-electron chi connectivity index (χ3n) is 6.58. The first kappa shape index (κ1) is 12.6. The van der Waals surface area contributed by atoms with Gasteiger partial charge in [-0.2, -0.15) is 0 Å². The predicted octanol–water partition coefficient (Wildman–Crippen LogP) is 3.17. The molecule has 0 aromatic rings. The van der Waals surface area contributed by atoms with Crippen LogP contribution < -0.4 is 5.32 Å². The standard InChI is InChI=1S/C17H30N2/c1-2-6-13(7-3-1)19-16-9-5-4-8-14(16)15-12-18-11-10-17(15)19/h13-18H,1-12H2. The summed E-state index contributed by atoms with van der Waals surface area (Å²) in [5.74, 6) is 2.02. The molecule has 2 aliphatic heterocycles. The first-order valence-electron chi connectivity index (χ1n) is 8.93. The van der Waals surface area contributed by atoms with Gasteiger partial charge in [-0.1, -0.05) is 32.1 Å². The number of nitrogens with zero attached hydrogens (tertiary/aromatic N) is 1. The maximum atomic E-state index is 3.69. The zero-order valence-electron chi connectivity index (χ0n) is 12.3. The van der Waals surface area contributed by atoms with Gasteiger partial charge in [0.15, 0.2) is 0 Å². The molecule has 2 saturated heterocycles. The van der Waals surface area contributed by atoms with Crippen LogP contribution >= 0.6 is 0 Å². The second-order valence-corrected chi connectivity index (χ2v) is 7.48. The van der Waals surface area contributed by atoms with Crippen molar-refractivity contribution in [2.45, 2.75) is 82.3 Å². The van der Waals surface area contributed by atoms with E-state index in [0.29, 0.717) is 0 Å². The Morgan fingerprint density at radius 1 is 0.684 bits per heavy atom. The summed E-state index contributed by atoms with van der Waals surface area (Å²) in [5.41, 5.74) is 0. The number of likely N-dealkylation sites (tertiary alicyclic amines) is 1. The average Bonchev–Trinajstić information content (AvgIpc) is 2.83. The highest BCUT2D eigenvalue weighted by Gasteiger charge is 2.51. The summed E-state index contributed by atoms with van der Waals surface area (Å²) in [6.45, 7) is 2.58. The van der Waals surface area contributed by atoms with Crippen LogP contribution in [0.15, 0.2) is 0 Å². The van der Waals surface area contributed by atoms with Crippen molar-refractivity contribution >= 4 is 0 Å². The van der Waals surface area contributed by atoms with Gasteiger partial charge in [0.1, 0.15) is 0 Å². The van der Waals surface area contributed by atoms with Crippen LogP contribution in [0, 0.1) is 11.8 Å². The lowest BCUT2D eigenvalue weighted by molar-refractivity contribution is 0.0672. The average molecular weight is 262 g/mol. The van der Waals surface area contributed by atoms with E-state index in [-0.39, 0.29) is 0 Å². The Bertz CT molecular complexity index is 288. The van der Waals surface area contributed by atoms with Crippen LogP contribution in [0.2, 0.25) is 0 Å². The van der Waals surface area contributed by atoms with Crippen LogP contribution in [0.25, 0.3) is 0 Å². The van der Waals surface area contributed by atoms with Crippen LogP contribution in [0.3, 0.4) is 0 Å². The maximum absolute atomic E-state index is 3.69. The molecule has 2 aliphatic carbocycles. The van der Waals surface area contributed by atoms with E-state index in [2.05, 4.69) is 10.2 Å². The molecule has 4 unspecified atom stereocenters. The lowest BCUT2D eigenvalue weighted by Crippen LogP contribution is -2.50. The Balaban J connectivity index is 1.59. The van der Waals surface area contributed by atoms with Gasteiger partial charge in [0.2, 0.25) is 0 Å². The molecule has 2 heterocycles. The fourth-order valence-corrected chi connectivity index (χ4v) is 5.85. The van der Waals surface area contributed by atoms with Gasteiger partial charge in [0, 0.05) is 18.1 Å². The van der Waals surface area contributed by atoms with Crippen molar-refractivity contribution < 1.29 is 0 Å². The highest BCUT2D eigenvalue weighted by atomic mass is 15.3. The fraction of sp³-hybridized carbons (Fsp3) is 1.00. The van der Waals surface area contributed by atoms with Crippen LogP contribution in [0.4, 0.5) is 0 Å². The summed E-state index contributed by atoms with van der Waals surface area (Å²) in [7, 11) is 0. The van der Waals surface area contributed by atoms with Gasteiger partial charge in [0.05, 0.1) is 0 Å². The van der Waals surface area contributed by atoms with Gasteiger partial charge in [0.25, 0.3) is 0 Å². The van der Waals surface area contributed by atoms with Crippen LogP contribution in [0.1, 0.15) is 64.2 Å². The van der Waals surface area contributed by atoms with Crippen molar-refractivity contribution in [2.75, 3.05) is 13.1 Å². The normalized spacial score (nSPS) is 44.8. The van der Waals surface area contributed by atoms with E-state index in [1.165, 1.54) is 77.3 Å². The number of nitrogens with one attached hydrogen (secondary N) is 1. The maximum Gasteiger partial charge on any atom is 0.0157 e. The van der Waals surface area contributed by atoms with Gasteiger partial charge in [-0.15, -0.1) is 0 Å². The molecule has 4 aliphatic rings. The molecule has 1 N–H and O–H groups in total. The smallest absolute Gasteiger partial charge is 0.0157 e. The zero-order valence-corrected chi connectivity index (χ0v) is 12.3. The number of piperidine rings is 1. The Kier molecular flexibility index (Phi) is 3.57. The van der Waals surface area contributed by atoms with E-state index < -0.39 is 0 Å². The number of rotatable bonds is 1. The zero-order chi connectivity index (χ0) is 12.7. The van der Waals surface area contributed by atoms with Gasteiger partial charge >= 0.3 is 0 Å². The number of hydrogen-bond acceptors (Lipinski definition) is 2. The first-order valence-corrected chi connectivity index (χ1v) is 8.93. The van der Waals surface area contributed by atoms with Gasteiger partial charge in [-0.05, 0) is 57.0 Å². The molecule has 0 radical (unpaired) electrons. The molecule has 0 aromatic carbocycles. The summed E-state index contributed by atoms with van der Waals surface area (Å²) >= 11 is 0. The molecule has 2 saturated carbocycles. The molecule has 0 aromatic heterocycles. The Hall–Kier alpha value is -0.0800. The first-order chi connectivity index (χ1) is 9.45. The third-order valence-corrected chi connectivity index (χ3v) is 6.58. The van der Waals surface area contributed by atoms with E-state index in [1.807, 2.05) is 0 Å². The van der Waals surface area contributed by atoms with Crippen molar-refractivity contribution in [2.24, 2.45) is 11.8 Å². The SMILES string of the molecule is C1CCC(N2C3CCCCC3C3CNCCC32)CC1. The van der Waals surface area contributed by atoms with E-state index >= 15 is 0 Å². The fourth-order valence-electron chi connectivity index (χ4n) is 5.85. The molecule has 0 amide bonds. The monoisotopic (exact) mass is 262 g/mol. The van der Waals surface area contributed by atoms with E-state index in [0.717, 1.165) is 30.0 Å².